The van der Waals surface area contributed by atoms with Gasteiger partial charge in [-0.1, -0.05) is 26.2 Å². The number of carboxylic acid groups (broad SMARTS) is 1. The van der Waals surface area contributed by atoms with E-state index in [2.05, 4.69) is 17.6 Å². The summed E-state index contributed by atoms with van der Waals surface area (Å²) in [6.07, 6.45) is 5.69. The van der Waals surface area contributed by atoms with Crippen molar-refractivity contribution >= 4 is 12.0 Å². The van der Waals surface area contributed by atoms with E-state index in [0.29, 0.717) is 13.1 Å². The predicted molar refractivity (Wildman–Crippen MR) is 69.4 cm³/mol. The third-order valence-corrected chi connectivity index (χ3v) is 3.57. The van der Waals surface area contributed by atoms with Crippen molar-refractivity contribution in [1.82, 2.24) is 10.6 Å². The molecule has 104 valence electrons. The highest BCUT2D eigenvalue weighted by Crippen LogP contribution is 2.29. The van der Waals surface area contributed by atoms with Crippen LogP contribution in [0.25, 0.3) is 0 Å². The van der Waals surface area contributed by atoms with Gasteiger partial charge in [0.2, 0.25) is 0 Å². The maximum atomic E-state index is 11.5. The SMILES string of the molecule is CCCCNC(=O)NCC1CCCCC1C(=O)O. The van der Waals surface area contributed by atoms with E-state index in [1.807, 2.05) is 0 Å². The highest BCUT2D eigenvalue weighted by Gasteiger charge is 2.30. The minimum atomic E-state index is -0.729. The molecule has 0 aromatic carbocycles. The van der Waals surface area contributed by atoms with Crippen LogP contribution in [0.3, 0.4) is 0 Å². The Bertz CT molecular complexity index is 281. The molecule has 0 bridgehead atoms. The molecule has 1 saturated carbocycles. The zero-order valence-corrected chi connectivity index (χ0v) is 11.1. The number of carboxylic acids is 1. The van der Waals surface area contributed by atoms with Gasteiger partial charge in [0.15, 0.2) is 0 Å². The summed E-state index contributed by atoms with van der Waals surface area (Å²) in [4.78, 5) is 22.6. The number of hydrogen-bond donors (Lipinski definition) is 3. The van der Waals surface area contributed by atoms with Crippen LogP contribution in [0, 0.1) is 11.8 Å². The van der Waals surface area contributed by atoms with Crippen molar-refractivity contribution in [2.24, 2.45) is 11.8 Å². The molecular formula is C13H24N2O3. The zero-order chi connectivity index (χ0) is 13.4. The van der Waals surface area contributed by atoms with Gasteiger partial charge in [-0.3, -0.25) is 4.79 Å². The second-order valence-electron chi connectivity index (χ2n) is 4.98. The third kappa shape index (κ3) is 4.94. The second kappa shape index (κ2) is 7.95. The summed E-state index contributed by atoms with van der Waals surface area (Å²) in [7, 11) is 0. The molecule has 0 heterocycles. The van der Waals surface area contributed by atoms with Crippen molar-refractivity contribution in [1.29, 1.82) is 0 Å². The quantitative estimate of drug-likeness (QED) is 0.636. The number of hydrogen-bond acceptors (Lipinski definition) is 2. The Labute approximate surface area is 108 Å². The molecule has 2 atom stereocenters. The first kappa shape index (κ1) is 14.8. The van der Waals surface area contributed by atoms with E-state index in [0.717, 1.165) is 38.5 Å². The van der Waals surface area contributed by atoms with Crippen LogP contribution in [0.15, 0.2) is 0 Å². The van der Waals surface area contributed by atoms with Crippen LogP contribution in [0.4, 0.5) is 4.79 Å². The van der Waals surface area contributed by atoms with Gasteiger partial charge in [0.05, 0.1) is 5.92 Å². The van der Waals surface area contributed by atoms with Crippen molar-refractivity contribution in [3.05, 3.63) is 0 Å². The number of unbranched alkanes of at least 4 members (excludes halogenated alkanes) is 1. The maximum Gasteiger partial charge on any atom is 0.314 e. The first-order chi connectivity index (χ1) is 8.65. The first-order valence-corrected chi connectivity index (χ1v) is 6.89. The standard InChI is InChI=1S/C13H24N2O3/c1-2-3-8-14-13(18)15-9-10-6-4-5-7-11(10)12(16)17/h10-11H,2-9H2,1H3,(H,16,17)(H2,14,15,18). The fraction of sp³-hybridized carbons (Fsp3) is 0.846. The smallest absolute Gasteiger partial charge is 0.314 e. The van der Waals surface area contributed by atoms with Crippen LogP contribution >= 0.6 is 0 Å². The molecule has 18 heavy (non-hydrogen) atoms. The van der Waals surface area contributed by atoms with Crippen LogP contribution in [0.5, 0.6) is 0 Å². The van der Waals surface area contributed by atoms with Gasteiger partial charge in [0.25, 0.3) is 0 Å². The number of rotatable bonds is 6. The zero-order valence-electron chi connectivity index (χ0n) is 11.1. The molecule has 0 radical (unpaired) electrons. The molecule has 0 saturated heterocycles. The second-order valence-corrected chi connectivity index (χ2v) is 4.98. The van der Waals surface area contributed by atoms with Gasteiger partial charge in [0, 0.05) is 13.1 Å². The van der Waals surface area contributed by atoms with Crippen molar-refractivity contribution in [3.8, 4) is 0 Å². The van der Waals surface area contributed by atoms with Crippen molar-refractivity contribution < 1.29 is 14.7 Å². The molecule has 2 unspecified atom stereocenters. The Hall–Kier alpha value is -1.26. The minimum Gasteiger partial charge on any atom is -0.481 e. The summed E-state index contributed by atoms with van der Waals surface area (Å²) in [5, 5.41) is 14.7. The van der Waals surface area contributed by atoms with Crippen LogP contribution in [-0.2, 0) is 4.79 Å². The fourth-order valence-corrected chi connectivity index (χ4v) is 2.44. The molecule has 3 N–H and O–H groups in total. The molecule has 0 aliphatic heterocycles. The summed E-state index contributed by atoms with van der Waals surface area (Å²) in [6, 6.07) is -0.182. The summed E-state index contributed by atoms with van der Waals surface area (Å²) >= 11 is 0. The van der Waals surface area contributed by atoms with E-state index in [1.165, 1.54) is 0 Å². The molecule has 0 aromatic rings. The first-order valence-electron chi connectivity index (χ1n) is 6.89. The van der Waals surface area contributed by atoms with Gasteiger partial charge in [-0.15, -0.1) is 0 Å². The van der Waals surface area contributed by atoms with Gasteiger partial charge in [0.1, 0.15) is 0 Å². The Morgan fingerprint density at radius 2 is 1.94 bits per heavy atom. The van der Waals surface area contributed by atoms with Crippen LogP contribution in [0.1, 0.15) is 45.4 Å². The van der Waals surface area contributed by atoms with Crippen LogP contribution < -0.4 is 10.6 Å². The lowest BCUT2D eigenvalue weighted by molar-refractivity contribution is -0.144. The Balaban J connectivity index is 2.27. The van der Waals surface area contributed by atoms with E-state index >= 15 is 0 Å². The minimum absolute atomic E-state index is 0.0770. The third-order valence-electron chi connectivity index (χ3n) is 3.57. The lowest BCUT2D eigenvalue weighted by Crippen LogP contribution is -2.42. The summed E-state index contributed by atoms with van der Waals surface area (Å²) in [6.45, 7) is 3.21. The van der Waals surface area contributed by atoms with Crippen molar-refractivity contribution in [2.45, 2.75) is 45.4 Å². The molecule has 5 heteroatoms. The number of urea groups is 1. The summed E-state index contributed by atoms with van der Waals surface area (Å²) in [5.74, 6) is -0.948. The molecule has 5 nitrogen and oxygen atoms in total. The molecule has 2 amide bonds. The number of aliphatic carboxylic acids is 1. The molecule has 1 aliphatic carbocycles. The topological polar surface area (TPSA) is 78.4 Å². The average molecular weight is 256 g/mol. The Morgan fingerprint density at radius 1 is 1.22 bits per heavy atom. The normalized spacial score (nSPS) is 23.4. The number of nitrogens with one attached hydrogen (secondary N) is 2. The Kier molecular flexibility index (Phi) is 6.54. The fourth-order valence-electron chi connectivity index (χ4n) is 2.44. The predicted octanol–water partition coefficient (Wildman–Crippen LogP) is 1.98. The lowest BCUT2D eigenvalue weighted by Gasteiger charge is -2.28. The molecule has 0 aromatic heterocycles. The van der Waals surface area contributed by atoms with E-state index in [1.54, 1.807) is 0 Å². The van der Waals surface area contributed by atoms with Gasteiger partial charge in [-0.25, -0.2) is 4.79 Å². The molecule has 1 fully saturated rings. The number of carbonyl (C=O) groups is 2. The monoisotopic (exact) mass is 256 g/mol. The van der Waals surface area contributed by atoms with E-state index in [9.17, 15) is 9.59 Å². The van der Waals surface area contributed by atoms with Crippen molar-refractivity contribution in [2.75, 3.05) is 13.1 Å². The van der Waals surface area contributed by atoms with Gasteiger partial charge >= 0.3 is 12.0 Å². The van der Waals surface area contributed by atoms with Gasteiger partial charge in [-0.2, -0.15) is 0 Å². The maximum absolute atomic E-state index is 11.5. The van der Waals surface area contributed by atoms with E-state index < -0.39 is 5.97 Å². The van der Waals surface area contributed by atoms with E-state index in [4.69, 9.17) is 5.11 Å². The molecular weight excluding hydrogens is 232 g/mol. The Morgan fingerprint density at radius 3 is 2.61 bits per heavy atom. The van der Waals surface area contributed by atoms with Crippen molar-refractivity contribution in [3.63, 3.8) is 0 Å². The van der Waals surface area contributed by atoms with E-state index in [-0.39, 0.29) is 17.9 Å². The number of amides is 2. The summed E-state index contributed by atoms with van der Waals surface area (Å²) < 4.78 is 0. The summed E-state index contributed by atoms with van der Waals surface area (Å²) in [5.41, 5.74) is 0. The van der Waals surface area contributed by atoms with Crippen LogP contribution in [0.2, 0.25) is 0 Å². The molecule has 0 spiro atoms. The van der Waals surface area contributed by atoms with Gasteiger partial charge < -0.3 is 15.7 Å². The average Bonchev–Trinajstić information content (AvgIpc) is 2.37. The van der Waals surface area contributed by atoms with Crippen LogP contribution in [-0.4, -0.2) is 30.2 Å². The largest absolute Gasteiger partial charge is 0.481 e. The van der Waals surface area contributed by atoms with Gasteiger partial charge in [-0.05, 0) is 25.2 Å². The lowest BCUT2D eigenvalue weighted by atomic mass is 9.79. The highest BCUT2D eigenvalue weighted by molar-refractivity contribution is 5.74. The molecule has 1 rings (SSSR count). The number of carbonyl (C=O) groups excluding carboxylic acids is 1. The highest BCUT2D eigenvalue weighted by atomic mass is 16.4. The molecule has 1 aliphatic rings.